The lowest BCUT2D eigenvalue weighted by molar-refractivity contribution is -0.139. The number of rotatable bonds is 8. The van der Waals surface area contributed by atoms with Gasteiger partial charge in [-0.2, -0.15) is 0 Å². The maximum absolute atomic E-state index is 10.1. The molecule has 12 heteroatoms. The van der Waals surface area contributed by atoms with Crippen LogP contribution in [0.5, 0.6) is 0 Å². The first-order valence-electron chi connectivity index (χ1n) is 10.00. The van der Waals surface area contributed by atoms with Gasteiger partial charge >= 0.3 is 23.9 Å². The molecule has 1 rings (SSSR count). The molecule has 3 atom stereocenters. The minimum Gasteiger partial charge on any atom is -0.480 e. The van der Waals surface area contributed by atoms with Gasteiger partial charge in [0.25, 0.3) is 0 Å². The van der Waals surface area contributed by atoms with Crippen LogP contribution in [0.1, 0.15) is 53.4 Å². The van der Waals surface area contributed by atoms with Crippen molar-refractivity contribution in [3.8, 4) is 0 Å². The van der Waals surface area contributed by atoms with Crippen LogP contribution < -0.4 is 22.5 Å². The average Bonchev–Trinajstić information content (AvgIpc) is 3.17. The van der Waals surface area contributed by atoms with Crippen LogP contribution in [-0.4, -0.2) is 75.5 Å². The third kappa shape index (κ3) is 25.7. The van der Waals surface area contributed by atoms with Crippen molar-refractivity contribution in [2.24, 2.45) is 29.0 Å². The number of hydrogen-bond acceptors (Lipinski definition) is 8. The van der Waals surface area contributed by atoms with E-state index in [0.717, 1.165) is 19.4 Å². The highest BCUT2D eigenvalue weighted by atomic mass is 16.4. The van der Waals surface area contributed by atoms with Crippen LogP contribution in [-0.2, 0) is 19.2 Å². The van der Waals surface area contributed by atoms with E-state index in [4.69, 9.17) is 31.9 Å². The fourth-order valence-electron chi connectivity index (χ4n) is 2.11. The van der Waals surface area contributed by atoms with E-state index < -0.39 is 36.0 Å². The van der Waals surface area contributed by atoms with Gasteiger partial charge in [-0.25, -0.2) is 0 Å². The van der Waals surface area contributed by atoms with E-state index in [0.29, 0.717) is 24.7 Å². The highest BCUT2D eigenvalue weighted by Crippen LogP contribution is 2.03. The SMILES string of the molecule is CC(C)C[C@H](N)C(=O)O.CC(C)C[C@H](N)C(=O)O.NCC(=O)O.O=C(O)[C@@H]1CCCN1. The molecule has 0 unspecified atom stereocenters. The third-order valence-electron chi connectivity index (χ3n) is 3.62. The molecular weight excluding hydrogens is 412 g/mol. The predicted molar refractivity (Wildman–Crippen MR) is 115 cm³/mol. The molecule has 11 N–H and O–H groups in total. The summed E-state index contributed by atoms with van der Waals surface area (Å²) in [6.07, 6.45) is 2.89. The van der Waals surface area contributed by atoms with Gasteiger partial charge in [-0.15, -0.1) is 0 Å². The number of carboxylic acid groups (broad SMARTS) is 4. The van der Waals surface area contributed by atoms with Gasteiger partial charge in [0.2, 0.25) is 0 Å². The van der Waals surface area contributed by atoms with Crippen molar-refractivity contribution in [3.63, 3.8) is 0 Å². The molecule has 0 amide bonds. The fourth-order valence-corrected chi connectivity index (χ4v) is 2.11. The van der Waals surface area contributed by atoms with E-state index in [1.165, 1.54) is 0 Å². The molecule has 0 aromatic heterocycles. The maximum atomic E-state index is 10.1. The van der Waals surface area contributed by atoms with Gasteiger partial charge < -0.3 is 42.9 Å². The number of nitrogens with one attached hydrogen (secondary N) is 1. The standard InChI is InChI=1S/2C6H13NO2.C5H9NO2.C2H5NO2/c2*1-4(2)3-5(7)6(8)9;7-5(8)4-2-1-3-6-4;3-1-2(4)5/h2*4-5H,3,7H2,1-2H3,(H,8,9);4,6H,1-3H2,(H,7,8);1,3H2,(H,4,5)/t2*5-;4-;/m000./s1. The number of carbonyl (C=O) groups is 4. The molecule has 0 bridgehead atoms. The molecular formula is C19H40N4O8. The Bertz CT molecular complexity index is 497. The molecule has 0 aliphatic carbocycles. The molecule has 12 nitrogen and oxygen atoms in total. The Morgan fingerprint density at radius 3 is 1.32 bits per heavy atom. The first kappa shape index (κ1) is 33.4. The molecule has 0 aromatic rings. The number of carboxylic acids is 4. The van der Waals surface area contributed by atoms with Crippen molar-refractivity contribution < 1.29 is 39.6 Å². The van der Waals surface area contributed by atoms with Gasteiger partial charge in [0.05, 0.1) is 6.54 Å². The molecule has 0 spiro atoms. The first-order chi connectivity index (χ1) is 14.1. The Kier molecular flexibility index (Phi) is 21.2. The number of aliphatic carboxylic acids is 4. The van der Waals surface area contributed by atoms with Crippen molar-refractivity contribution in [2.75, 3.05) is 13.1 Å². The topological polar surface area (TPSA) is 239 Å². The molecule has 1 aliphatic rings. The van der Waals surface area contributed by atoms with Crippen molar-refractivity contribution in [1.82, 2.24) is 5.32 Å². The lowest BCUT2D eigenvalue weighted by Gasteiger charge is -2.07. The Labute approximate surface area is 183 Å². The van der Waals surface area contributed by atoms with E-state index >= 15 is 0 Å². The zero-order valence-corrected chi connectivity index (χ0v) is 18.8. The van der Waals surface area contributed by atoms with Gasteiger partial charge in [-0.05, 0) is 44.1 Å². The Morgan fingerprint density at radius 1 is 0.871 bits per heavy atom. The van der Waals surface area contributed by atoms with Gasteiger partial charge in [0.15, 0.2) is 0 Å². The summed E-state index contributed by atoms with van der Waals surface area (Å²) in [6, 6.07) is -1.65. The van der Waals surface area contributed by atoms with Crippen LogP contribution in [0, 0.1) is 11.8 Å². The predicted octanol–water partition coefficient (Wildman–Crippen LogP) is -0.258. The van der Waals surface area contributed by atoms with E-state index in [1.807, 2.05) is 27.7 Å². The number of hydrogen-bond donors (Lipinski definition) is 8. The summed E-state index contributed by atoms with van der Waals surface area (Å²) in [5, 5.41) is 35.4. The van der Waals surface area contributed by atoms with Crippen LogP contribution in [0.3, 0.4) is 0 Å². The summed E-state index contributed by atoms with van der Waals surface area (Å²) in [7, 11) is 0. The van der Waals surface area contributed by atoms with Crippen molar-refractivity contribution >= 4 is 23.9 Å². The summed E-state index contributed by atoms with van der Waals surface area (Å²) >= 11 is 0. The Morgan fingerprint density at radius 2 is 1.23 bits per heavy atom. The van der Waals surface area contributed by atoms with Gasteiger partial charge in [-0.1, -0.05) is 27.7 Å². The second-order valence-electron chi connectivity index (χ2n) is 7.73. The minimum absolute atomic E-state index is 0.269. The average molecular weight is 453 g/mol. The molecule has 0 radical (unpaired) electrons. The normalized spacial score (nSPS) is 16.5. The van der Waals surface area contributed by atoms with E-state index in [9.17, 15) is 19.2 Å². The van der Waals surface area contributed by atoms with Crippen LogP contribution in [0.2, 0.25) is 0 Å². The van der Waals surface area contributed by atoms with Gasteiger partial charge in [0, 0.05) is 0 Å². The zero-order valence-electron chi connectivity index (χ0n) is 18.8. The second kappa shape index (κ2) is 19.7. The molecule has 1 saturated heterocycles. The van der Waals surface area contributed by atoms with Gasteiger partial charge in [-0.3, -0.25) is 19.2 Å². The quantitative estimate of drug-likeness (QED) is 0.237. The highest BCUT2D eigenvalue weighted by molar-refractivity contribution is 5.74. The van der Waals surface area contributed by atoms with Crippen molar-refractivity contribution in [3.05, 3.63) is 0 Å². The van der Waals surface area contributed by atoms with E-state index in [1.54, 1.807) is 0 Å². The molecule has 0 saturated carbocycles. The van der Waals surface area contributed by atoms with Gasteiger partial charge in [0.1, 0.15) is 18.1 Å². The summed E-state index contributed by atoms with van der Waals surface area (Å²) in [5.41, 5.74) is 15.0. The van der Waals surface area contributed by atoms with Crippen LogP contribution in [0.25, 0.3) is 0 Å². The molecule has 1 fully saturated rings. The molecule has 31 heavy (non-hydrogen) atoms. The highest BCUT2D eigenvalue weighted by Gasteiger charge is 2.20. The molecule has 184 valence electrons. The van der Waals surface area contributed by atoms with Crippen molar-refractivity contribution in [1.29, 1.82) is 0 Å². The zero-order chi connectivity index (χ0) is 25.1. The van der Waals surface area contributed by atoms with Crippen molar-refractivity contribution in [2.45, 2.75) is 71.5 Å². The Balaban J connectivity index is -0.000000344. The first-order valence-corrected chi connectivity index (χ1v) is 10.00. The summed E-state index contributed by atoms with van der Waals surface area (Å²) in [4.78, 5) is 39.6. The van der Waals surface area contributed by atoms with E-state index in [2.05, 4.69) is 11.1 Å². The summed E-state index contributed by atoms with van der Waals surface area (Å²) in [5.74, 6) is -2.80. The lowest BCUT2D eigenvalue weighted by atomic mass is 10.1. The minimum atomic E-state index is -0.968. The molecule has 0 aromatic carbocycles. The maximum Gasteiger partial charge on any atom is 0.320 e. The van der Waals surface area contributed by atoms with Crippen LogP contribution >= 0.6 is 0 Å². The summed E-state index contributed by atoms with van der Waals surface area (Å²) < 4.78 is 0. The monoisotopic (exact) mass is 452 g/mol. The summed E-state index contributed by atoms with van der Waals surface area (Å²) in [6.45, 7) is 8.37. The lowest BCUT2D eigenvalue weighted by Crippen LogP contribution is -2.31. The van der Waals surface area contributed by atoms with Crippen LogP contribution in [0.15, 0.2) is 0 Å². The smallest absolute Gasteiger partial charge is 0.320 e. The molecule has 1 heterocycles. The fraction of sp³-hybridized carbons (Fsp3) is 0.789. The largest absolute Gasteiger partial charge is 0.480 e. The van der Waals surface area contributed by atoms with E-state index in [-0.39, 0.29) is 12.6 Å². The molecule has 1 aliphatic heterocycles. The Hall–Kier alpha value is -2.28. The number of nitrogens with two attached hydrogens (primary N) is 3. The second-order valence-corrected chi connectivity index (χ2v) is 7.73. The third-order valence-corrected chi connectivity index (χ3v) is 3.62. The van der Waals surface area contributed by atoms with Crippen LogP contribution in [0.4, 0.5) is 0 Å².